The molecule has 1 saturated carbocycles. The zero-order valence-corrected chi connectivity index (χ0v) is 12.5. The minimum atomic E-state index is 0.498. The van der Waals surface area contributed by atoms with Crippen LogP contribution in [-0.4, -0.2) is 9.97 Å². The summed E-state index contributed by atoms with van der Waals surface area (Å²) in [5, 5.41) is 0.498. The Kier molecular flexibility index (Phi) is 3.15. The van der Waals surface area contributed by atoms with Crippen LogP contribution >= 0.6 is 50.5 Å². The van der Waals surface area contributed by atoms with E-state index < -0.39 is 0 Å². The predicted octanol–water partition coefficient (Wildman–Crippen LogP) is 5.15. The number of thiophene rings is 1. The first-order chi connectivity index (χ1) is 8.13. The van der Waals surface area contributed by atoms with Crippen LogP contribution in [0.3, 0.4) is 0 Å². The summed E-state index contributed by atoms with van der Waals surface area (Å²) >= 11 is 16.9. The molecule has 0 unspecified atom stereocenters. The fraction of sp³-hybridized carbons (Fsp3) is 0.273. The number of aromatic nitrogens is 2. The molecule has 2 heterocycles. The van der Waals surface area contributed by atoms with Crippen LogP contribution in [-0.2, 0) is 0 Å². The molecule has 0 aromatic carbocycles. The summed E-state index contributed by atoms with van der Waals surface area (Å²) in [5.41, 5.74) is 1.04. The maximum Gasteiger partial charge on any atom is 0.171 e. The van der Waals surface area contributed by atoms with E-state index in [1.54, 1.807) is 0 Å². The van der Waals surface area contributed by atoms with E-state index >= 15 is 0 Å². The van der Waals surface area contributed by atoms with Crippen molar-refractivity contribution in [2.45, 2.75) is 18.8 Å². The molecule has 6 heteroatoms. The Balaban J connectivity index is 2.07. The van der Waals surface area contributed by atoms with Crippen LogP contribution in [0.1, 0.15) is 24.5 Å². The predicted molar refractivity (Wildman–Crippen MR) is 75.0 cm³/mol. The highest BCUT2D eigenvalue weighted by Crippen LogP contribution is 2.41. The van der Waals surface area contributed by atoms with Crippen molar-refractivity contribution in [2.75, 3.05) is 0 Å². The van der Waals surface area contributed by atoms with Crippen molar-refractivity contribution < 1.29 is 0 Å². The molecule has 88 valence electrons. The summed E-state index contributed by atoms with van der Waals surface area (Å²) in [6.07, 6.45) is 2.39. The fourth-order valence-electron chi connectivity index (χ4n) is 1.59. The smallest absolute Gasteiger partial charge is 0.171 e. The van der Waals surface area contributed by atoms with Gasteiger partial charge in [0.15, 0.2) is 5.82 Å². The second-order valence-corrected chi connectivity index (χ2v) is 6.84. The van der Waals surface area contributed by atoms with Gasteiger partial charge in [0.25, 0.3) is 0 Å². The van der Waals surface area contributed by atoms with Crippen molar-refractivity contribution in [3.8, 4) is 10.7 Å². The highest BCUT2D eigenvalue weighted by molar-refractivity contribution is 9.10. The van der Waals surface area contributed by atoms with E-state index in [0.29, 0.717) is 21.2 Å². The van der Waals surface area contributed by atoms with E-state index in [1.165, 1.54) is 24.2 Å². The van der Waals surface area contributed by atoms with Gasteiger partial charge in [-0.15, -0.1) is 11.3 Å². The van der Waals surface area contributed by atoms with Crippen molar-refractivity contribution in [1.82, 2.24) is 9.97 Å². The molecule has 0 amide bonds. The van der Waals surface area contributed by atoms with Gasteiger partial charge in [0.1, 0.15) is 9.49 Å². The molecule has 2 aromatic rings. The molecule has 0 atom stereocenters. The van der Waals surface area contributed by atoms with Crippen LogP contribution in [0, 0.1) is 0 Å². The first-order valence-electron chi connectivity index (χ1n) is 5.13. The second kappa shape index (κ2) is 4.50. The first kappa shape index (κ1) is 11.9. The van der Waals surface area contributed by atoms with Gasteiger partial charge in [0.05, 0.1) is 4.88 Å². The molecular formula is C11H7BrCl2N2S. The Labute approximate surface area is 121 Å². The van der Waals surface area contributed by atoms with Gasteiger partial charge in [-0.3, -0.25) is 0 Å². The second-order valence-electron chi connectivity index (χ2n) is 3.95. The van der Waals surface area contributed by atoms with Gasteiger partial charge >= 0.3 is 0 Å². The molecule has 17 heavy (non-hydrogen) atoms. The van der Waals surface area contributed by atoms with Crippen molar-refractivity contribution >= 4 is 50.5 Å². The van der Waals surface area contributed by atoms with Gasteiger partial charge in [-0.25, -0.2) is 9.97 Å². The maximum atomic E-state index is 6.03. The van der Waals surface area contributed by atoms with E-state index in [-0.39, 0.29) is 0 Å². The number of halogens is 3. The molecular weight excluding hydrogens is 343 g/mol. The molecule has 1 aliphatic carbocycles. The molecule has 1 fully saturated rings. The number of rotatable bonds is 2. The van der Waals surface area contributed by atoms with Gasteiger partial charge in [-0.2, -0.15) is 0 Å². The van der Waals surface area contributed by atoms with E-state index in [1.807, 2.05) is 12.1 Å². The average molecular weight is 350 g/mol. The largest absolute Gasteiger partial charge is 0.232 e. The van der Waals surface area contributed by atoms with Crippen molar-refractivity contribution in [2.24, 2.45) is 0 Å². The molecule has 0 bridgehead atoms. The van der Waals surface area contributed by atoms with Gasteiger partial charge in [-0.1, -0.05) is 23.2 Å². The summed E-state index contributed by atoms with van der Waals surface area (Å²) in [6, 6.07) is 3.78. The molecule has 0 spiro atoms. The normalized spacial score (nSPS) is 15.2. The lowest BCUT2D eigenvalue weighted by atomic mass is 10.3. The summed E-state index contributed by atoms with van der Waals surface area (Å²) < 4.78 is 1.58. The third kappa shape index (κ3) is 2.50. The number of nitrogens with zero attached hydrogens (tertiary/aromatic N) is 2. The van der Waals surface area contributed by atoms with Crippen molar-refractivity contribution in [3.05, 3.63) is 31.8 Å². The lowest BCUT2D eigenvalue weighted by Gasteiger charge is -2.01. The lowest BCUT2D eigenvalue weighted by Crippen LogP contribution is -1.93. The van der Waals surface area contributed by atoms with E-state index in [4.69, 9.17) is 23.2 Å². The summed E-state index contributed by atoms with van der Waals surface area (Å²) in [5.74, 6) is 1.23. The minimum absolute atomic E-state index is 0.498. The topological polar surface area (TPSA) is 25.8 Å². The molecule has 1 aliphatic rings. The third-order valence-electron chi connectivity index (χ3n) is 2.58. The molecule has 2 aromatic heterocycles. The van der Waals surface area contributed by atoms with E-state index in [2.05, 4.69) is 25.9 Å². The van der Waals surface area contributed by atoms with Crippen molar-refractivity contribution in [3.63, 3.8) is 0 Å². The standard InChI is InChI=1S/C11H7BrCl2N2S/c12-6-3-8(17-10(6)14)11-15-7(5-1-2-5)4-9(13)16-11/h3-5H,1-2H2. The van der Waals surface area contributed by atoms with Crippen LogP contribution in [0.4, 0.5) is 0 Å². The fourth-order valence-corrected chi connectivity index (χ4v) is 3.42. The summed E-state index contributed by atoms with van der Waals surface area (Å²) in [4.78, 5) is 9.75. The van der Waals surface area contributed by atoms with E-state index in [9.17, 15) is 0 Å². The zero-order valence-electron chi connectivity index (χ0n) is 8.58. The highest BCUT2D eigenvalue weighted by Gasteiger charge is 2.26. The number of hydrogen-bond donors (Lipinski definition) is 0. The quantitative estimate of drug-likeness (QED) is 0.700. The van der Waals surface area contributed by atoms with Crippen LogP contribution in [0.25, 0.3) is 10.7 Å². The maximum absolute atomic E-state index is 6.03. The molecule has 0 aliphatic heterocycles. The summed E-state index contributed by atoms with van der Waals surface area (Å²) in [6.45, 7) is 0. The van der Waals surface area contributed by atoms with Crippen LogP contribution < -0.4 is 0 Å². The van der Waals surface area contributed by atoms with Crippen LogP contribution in [0.15, 0.2) is 16.6 Å². The Morgan fingerprint density at radius 2 is 2.00 bits per heavy atom. The molecule has 0 N–H and O–H groups in total. The third-order valence-corrected chi connectivity index (χ3v) is 5.24. The van der Waals surface area contributed by atoms with Gasteiger partial charge in [0.2, 0.25) is 0 Å². The van der Waals surface area contributed by atoms with Crippen LogP contribution in [0.2, 0.25) is 9.49 Å². The Morgan fingerprint density at radius 1 is 1.24 bits per heavy atom. The molecule has 2 nitrogen and oxygen atoms in total. The zero-order chi connectivity index (χ0) is 12.0. The lowest BCUT2D eigenvalue weighted by molar-refractivity contribution is 0.996. The minimum Gasteiger partial charge on any atom is -0.232 e. The summed E-state index contributed by atoms with van der Waals surface area (Å²) in [7, 11) is 0. The monoisotopic (exact) mass is 348 g/mol. The van der Waals surface area contributed by atoms with Gasteiger partial charge in [-0.05, 0) is 40.9 Å². The highest BCUT2D eigenvalue weighted by atomic mass is 79.9. The number of hydrogen-bond acceptors (Lipinski definition) is 3. The molecule has 0 saturated heterocycles. The Bertz CT molecular complexity index is 561. The van der Waals surface area contributed by atoms with Crippen LogP contribution in [0.5, 0.6) is 0 Å². The Morgan fingerprint density at radius 3 is 2.59 bits per heavy atom. The molecule has 3 rings (SSSR count). The average Bonchev–Trinajstić information content (AvgIpc) is 3.06. The van der Waals surface area contributed by atoms with E-state index in [0.717, 1.165) is 15.0 Å². The van der Waals surface area contributed by atoms with Crippen molar-refractivity contribution in [1.29, 1.82) is 0 Å². The van der Waals surface area contributed by atoms with Gasteiger partial charge in [0, 0.05) is 16.1 Å². The first-order valence-corrected chi connectivity index (χ1v) is 7.49. The SMILES string of the molecule is Clc1cc(C2CC2)nc(-c2cc(Br)c(Cl)s2)n1. The van der Waals surface area contributed by atoms with Gasteiger partial charge < -0.3 is 0 Å². The molecule has 0 radical (unpaired) electrons. The Hall–Kier alpha value is -0.160.